The van der Waals surface area contributed by atoms with Crippen molar-refractivity contribution in [3.8, 4) is 0 Å². The molecule has 0 atom stereocenters. The largest absolute Gasteiger partial charge is 0.355 e. The number of sulfonamides is 1. The van der Waals surface area contributed by atoms with Gasteiger partial charge in [0.1, 0.15) is 0 Å². The van der Waals surface area contributed by atoms with Gasteiger partial charge in [-0.2, -0.15) is 0 Å². The maximum absolute atomic E-state index is 12.4. The summed E-state index contributed by atoms with van der Waals surface area (Å²) in [6.07, 6.45) is 0. The first-order valence-corrected chi connectivity index (χ1v) is 9.78. The summed E-state index contributed by atoms with van der Waals surface area (Å²) >= 11 is 0. The van der Waals surface area contributed by atoms with Gasteiger partial charge in [0, 0.05) is 29.4 Å². The lowest BCUT2D eigenvalue weighted by molar-refractivity contribution is 0.0962. The van der Waals surface area contributed by atoms with Gasteiger partial charge >= 0.3 is 0 Å². The van der Waals surface area contributed by atoms with E-state index >= 15 is 0 Å². The van der Waals surface area contributed by atoms with E-state index in [1.807, 2.05) is 0 Å². The fourth-order valence-electron chi connectivity index (χ4n) is 2.32. The van der Waals surface area contributed by atoms with E-state index < -0.39 is 21.5 Å². The second kappa shape index (κ2) is 7.89. The number of carbonyl (C=O) groups is 2. The zero-order valence-corrected chi connectivity index (χ0v) is 16.5. The summed E-state index contributed by atoms with van der Waals surface area (Å²) in [5.74, 6) is -0.673. The molecule has 0 aliphatic carbocycles. The first-order valence-electron chi connectivity index (χ1n) is 8.29. The molecule has 3 N–H and O–H groups in total. The van der Waals surface area contributed by atoms with Crippen molar-refractivity contribution in [1.82, 2.24) is 10.0 Å². The molecule has 144 valence electrons. The summed E-state index contributed by atoms with van der Waals surface area (Å²) in [5.41, 5.74) is 0.539. The van der Waals surface area contributed by atoms with Crippen LogP contribution < -0.4 is 15.4 Å². The fourth-order valence-corrected chi connectivity index (χ4v) is 3.78. The van der Waals surface area contributed by atoms with Crippen LogP contribution in [0.25, 0.3) is 0 Å². The van der Waals surface area contributed by atoms with Gasteiger partial charge in [-0.05, 0) is 63.2 Å². The molecule has 0 saturated heterocycles. The van der Waals surface area contributed by atoms with Gasteiger partial charge in [-0.25, -0.2) is 13.1 Å². The van der Waals surface area contributed by atoms with Crippen molar-refractivity contribution in [2.45, 2.75) is 31.2 Å². The topological polar surface area (TPSA) is 104 Å². The molecule has 2 rings (SSSR count). The van der Waals surface area contributed by atoms with Crippen LogP contribution in [0.5, 0.6) is 0 Å². The average Bonchev–Trinajstić information content (AvgIpc) is 2.60. The summed E-state index contributed by atoms with van der Waals surface area (Å²) in [5, 5.41) is 5.20. The lowest BCUT2D eigenvalue weighted by Gasteiger charge is -2.20. The van der Waals surface area contributed by atoms with Crippen LogP contribution >= 0.6 is 0 Å². The van der Waals surface area contributed by atoms with Gasteiger partial charge in [0.15, 0.2) is 0 Å². The Morgan fingerprint density at radius 1 is 0.889 bits per heavy atom. The number of nitrogens with one attached hydrogen (secondary N) is 3. The maximum Gasteiger partial charge on any atom is 0.255 e. The Labute approximate surface area is 159 Å². The molecule has 0 heterocycles. The van der Waals surface area contributed by atoms with Crippen LogP contribution in [0.4, 0.5) is 5.69 Å². The van der Waals surface area contributed by atoms with E-state index in [9.17, 15) is 18.0 Å². The first-order chi connectivity index (χ1) is 12.5. The smallest absolute Gasteiger partial charge is 0.255 e. The van der Waals surface area contributed by atoms with Crippen LogP contribution in [-0.2, 0) is 10.0 Å². The molecule has 0 spiro atoms. The molecule has 2 amide bonds. The highest BCUT2D eigenvalue weighted by molar-refractivity contribution is 7.89. The van der Waals surface area contributed by atoms with Crippen LogP contribution in [-0.4, -0.2) is 32.8 Å². The quantitative estimate of drug-likeness (QED) is 0.730. The van der Waals surface area contributed by atoms with Gasteiger partial charge in [0.25, 0.3) is 11.8 Å². The minimum absolute atomic E-state index is 0.0139. The van der Waals surface area contributed by atoms with E-state index in [2.05, 4.69) is 15.4 Å². The van der Waals surface area contributed by atoms with Crippen LogP contribution in [0.1, 0.15) is 41.5 Å². The molecular weight excluding hydrogens is 366 g/mol. The Morgan fingerprint density at radius 3 is 2.07 bits per heavy atom. The Morgan fingerprint density at radius 2 is 1.52 bits per heavy atom. The van der Waals surface area contributed by atoms with Crippen molar-refractivity contribution in [2.24, 2.45) is 0 Å². The summed E-state index contributed by atoms with van der Waals surface area (Å²) in [7, 11) is -2.20. The van der Waals surface area contributed by atoms with Crippen molar-refractivity contribution >= 4 is 27.5 Å². The fraction of sp³-hybridized carbons (Fsp3) is 0.263. The normalized spacial score (nSPS) is 11.7. The first kappa shape index (κ1) is 20.6. The second-order valence-corrected chi connectivity index (χ2v) is 8.68. The molecule has 7 nitrogen and oxygen atoms in total. The third kappa shape index (κ3) is 5.63. The van der Waals surface area contributed by atoms with Gasteiger partial charge in [-0.1, -0.05) is 6.07 Å². The Bertz CT molecular complexity index is 946. The molecule has 0 bridgehead atoms. The lowest BCUT2D eigenvalue weighted by atomic mass is 10.1. The van der Waals surface area contributed by atoms with E-state index in [0.717, 1.165) is 0 Å². The molecule has 2 aromatic rings. The lowest BCUT2D eigenvalue weighted by Crippen LogP contribution is -2.40. The monoisotopic (exact) mass is 389 g/mol. The van der Waals surface area contributed by atoms with Crippen molar-refractivity contribution in [3.05, 3.63) is 59.7 Å². The predicted molar refractivity (Wildman–Crippen MR) is 104 cm³/mol. The highest BCUT2D eigenvalue weighted by Gasteiger charge is 2.22. The third-order valence-corrected chi connectivity index (χ3v) is 5.23. The molecule has 0 saturated carbocycles. The predicted octanol–water partition coefficient (Wildman–Crippen LogP) is 2.38. The van der Waals surface area contributed by atoms with E-state index in [0.29, 0.717) is 11.3 Å². The highest BCUT2D eigenvalue weighted by atomic mass is 32.2. The molecule has 0 fully saturated rings. The van der Waals surface area contributed by atoms with Gasteiger partial charge in [0.2, 0.25) is 10.0 Å². The molecule has 0 aromatic heterocycles. The van der Waals surface area contributed by atoms with Crippen LogP contribution in [0.3, 0.4) is 0 Å². The number of hydrogen-bond acceptors (Lipinski definition) is 4. The zero-order valence-electron chi connectivity index (χ0n) is 15.7. The molecule has 0 aliphatic heterocycles. The number of benzene rings is 2. The van der Waals surface area contributed by atoms with Gasteiger partial charge in [0.05, 0.1) is 4.90 Å². The van der Waals surface area contributed by atoms with Crippen molar-refractivity contribution < 1.29 is 18.0 Å². The molecule has 27 heavy (non-hydrogen) atoms. The van der Waals surface area contributed by atoms with E-state index in [1.165, 1.54) is 31.3 Å². The third-order valence-electron chi connectivity index (χ3n) is 3.48. The second-order valence-electron chi connectivity index (χ2n) is 6.99. The Hall–Kier alpha value is -2.71. The number of anilines is 1. The summed E-state index contributed by atoms with van der Waals surface area (Å²) < 4.78 is 27.4. The van der Waals surface area contributed by atoms with Crippen molar-refractivity contribution in [1.29, 1.82) is 0 Å². The van der Waals surface area contributed by atoms with Crippen molar-refractivity contribution in [3.63, 3.8) is 0 Å². The summed E-state index contributed by atoms with van der Waals surface area (Å²) in [4.78, 5) is 24.0. The SMILES string of the molecule is CNC(=O)c1ccc(NC(=O)c2cccc(S(=O)(=O)NC(C)(C)C)c2)cc1. The molecule has 0 aliphatic rings. The number of rotatable bonds is 5. The van der Waals surface area contributed by atoms with E-state index in [4.69, 9.17) is 0 Å². The molecular formula is C19H23N3O4S. The minimum Gasteiger partial charge on any atom is -0.355 e. The van der Waals surface area contributed by atoms with Gasteiger partial charge in [-0.3, -0.25) is 9.59 Å². The van der Waals surface area contributed by atoms with E-state index in [-0.39, 0.29) is 16.4 Å². The zero-order chi connectivity index (χ0) is 20.2. The maximum atomic E-state index is 12.4. The number of amides is 2. The highest BCUT2D eigenvalue weighted by Crippen LogP contribution is 2.16. The standard InChI is InChI=1S/C19H23N3O4S/c1-19(2,3)22-27(25,26)16-7-5-6-14(12-16)18(24)21-15-10-8-13(9-11-15)17(23)20-4/h5-12,22H,1-4H3,(H,20,23)(H,21,24). The Balaban J connectivity index is 2.19. The average molecular weight is 389 g/mol. The van der Waals surface area contributed by atoms with Crippen molar-refractivity contribution in [2.75, 3.05) is 12.4 Å². The van der Waals surface area contributed by atoms with Gasteiger partial charge < -0.3 is 10.6 Å². The summed E-state index contributed by atoms with van der Waals surface area (Å²) in [6, 6.07) is 12.2. The van der Waals surface area contributed by atoms with Crippen LogP contribution in [0.15, 0.2) is 53.4 Å². The van der Waals surface area contributed by atoms with Crippen LogP contribution in [0, 0.1) is 0 Å². The van der Waals surface area contributed by atoms with E-state index in [1.54, 1.807) is 45.0 Å². The molecule has 0 unspecified atom stereocenters. The minimum atomic E-state index is -3.74. The number of carbonyl (C=O) groups excluding carboxylic acids is 2. The summed E-state index contributed by atoms with van der Waals surface area (Å²) in [6.45, 7) is 5.22. The molecule has 8 heteroatoms. The van der Waals surface area contributed by atoms with Gasteiger partial charge in [-0.15, -0.1) is 0 Å². The van der Waals surface area contributed by atoms with Crippen LogP contribution in [0.2, 0.25) is 0 Å². The molecule has 2 aromatic carbocycles. The Kier molecular flexibility index (Phi) is 6.02. The molecule has 0 radical (unpaired) electrons. The number of hydrogen-bond donors (Lipinski definition) is 3.